The second kappa shape index (κ2) is 6.39. The zero-order valence-corrected chi connectivity index (χ0v) is 17.9. The predicted octanol–water partition coefficient (Wildman–Crippen LogP) is 1.17. The Bertz CT molecular complexity index is 1000. The van der Waals surface area contributed by atoms with Crippen LogP contribution in [0.2, 0.25) is 0 Å². The molecule has 5 heteroatoms. The lowest BCUT2D eigenvalue weighted by Gasteiger charge is -2.11. The highest BCUT2D eigenvalue weighted by Crippen LogP contribution is 2.28. The molecule has 0 radical (unpaired) electrons. The van der Waals surface area contributed by atoms with Crippen LogP contribution in [0, 0.1) is 0 Å². The number of hydrogen-bond donors (Lipinski definition) is 0. The molecule has 0 spiro atoms. The van der Waals surface area contributed by atoms with Crippen LogP contribution in [-0.2, 0) is 8.23 Å². The maximum Gasteiger partial charge on any atom is 0.283 e. The number of hydrogen-bond acceptors (Lipinski definition) is 2. The highest BCUT2D eigenvalue weighted by Gasteiger charge is 2.07. The molecular formula is C18H18O2Si3. The van der Waals surface area contributed by atoms with Crippen LogP contribution in [0.1, 0.15) is 0 Å². The van der Waals surface area contributed by atoms with Crippen LogP contribution in [0.4, 0.5) is 0 Å². The Balaban J connectivity index is 1.99. The van der Waals surface area contributed by atoms with E-state index in [0.29, 0.717) is 0 Å². The summed E-state index contributed by atoms with van der Waals surface area (Å²) in [6, 6.07) is 24.2. The molecule has 114 valence electrons. The van der Waals surface area contributed by atoms with E-state index in [-0.39, 0.29) is 0 Å². The van der Waals surface area contributed by atoms with Crippen molar-refractivity contribution in [3.8, 4) is 0 Å². The summed E-state index contributed by atoms with van der Waals surface area (Å²) in [5.74, 6) is 0. The van der Waals surface area contributed by atoms with Gasteiger partial charge in [0, 0.05) is 0 Å². The Morgan fingerprint density at radius 1 is 0.739 bits per heavy atom. The third-order valence-electron chi connectivity index (χ3n) is 4.27. The van der Waals surface area contributed by atoms with Gasteiger partial charge in [0.05, 0.1) is 0 Å². The molecule has 4 aromatic carbocycles. The van der Waals surface area contributed by atoms with Gasteiger partial charge in [0.25, 0.3) is 10.0 Å². The summed E-state index contributed by atoms with van der Waals surface area (Å²) in [6.07, 6.45) is 0. The highest BCUT2D eigenvalue weighted by molar-refractivity contribution is 6.57. The molecule has 0 aliphatic heterocycles. The van der Waals surface area contributed by atoms with Crippen LogP contribution in [0.15, 0.2) is 66.7 Å². The van der Waals surface area contributed by atoms with Crippen LogP contribution in [-0.4, -0.2) is 30.3 Å². The fraction of sp³-hybridized carbons (Fsp3) is 0. The van der Waals surface area contributed by atoms with Crippen LogP contribution in [0.3, 0.4) is 0 Å². The normalized spacial score (nSPS) is 12.7. The van der Waals surface area contributed by atoms with Gasteiger partial charge < -0.3 is 8.23 Å². The van der Waals surface area contributed by atoms with Crippen molar-refractivity contribution in [3.63, 3.8) is 0 Å². The van der Waals surface area contributed by atoms with Gasteiger partial charge in [0.15, 0.2) is 9.76 Å². The minimum Gasteiger partial charge on any atom is -0.449 e. The second-order valence-electron chi connectivity index (χ2n) is 5.76. The van der Waals surface area contributed by atoms with Crippen LogP contribution in [0.5, 0.6) is 0 Å². The van der Waals surface area contributed by atoms with Gasteiger partial charge in [-0.15, -0.1) is 0 Å². The quantitative estimate of drug-likeness (QED) is 0.238. The largest absolute Gasteiger partial charge is 0.449 e. The van der Waals surface area contributed by atoms with Crippen LogP contribution >= 0.6 is 0 Å². The maximum absolute atomic E-state index is 5.90. The lowest BCUT2D eigenvalue weighted by Crippen LogP contribution is -2.21. The predicted molar refractivity (Wildman–Crippen MR) is 108 cm³/mol. The first kappa shape index (κ1) is 14.8. The molecule has 0 aromatic heterocycles. The molecule has 4 aromatic rings. The SMILES string of the molecule is [SiH3]O[SiH2]O[SiH2]c1cccc2ccc3cc4ccccc4cc3c12. The number of benzene rings is 4. The van der Waals surface area contributed by atoms with E-state index >= 15 is 0 Å². The van der Waals surface area contributed by atoms with Crippen molar-refractivity contribution in [2.75, 3.05) is 0 Å². The molecule has 0 saturated heterocycles. The van der Waals surface area contributed by atoms with Gasteiger partial charge in [0.2, 0.25) is 0 Å². The molecule has 0 fully saturated rings. The van der Waals surface area contributed by atoms with Crippen molar-refractivity contribution in [1.82, 2.24) is 0 Å². The fourth-order valence-electron chi connectivity index (χ4n) is 3.23. The Hall–Kier alpha value is -1.77. The van der Waals surface area contributed by atoms with Gasteiger partial charge in [-0.25, -0.2) is 0 Å². The smallest absolute Gasteiger partial charge is 0.283 e. The van der Waals surface area contributed by atoms with Gasteiger partial charge in [-0.05, 0) is 49.6 Å². The maximum atomic E-state index is 5.90. The topological polar surface area (TPSA) is 18.5 Å². The summed E-state index contributed by atoms with van der Waals surface area (Å²) in [4.78, 5) is 0. The molecule has 0 bridgehead atoms. The molecule has 2 nitrogen and oxygen atoms in total. The summed E-state index contributed by atoms with van der Waals surface area (Å²) >= 11 is 0. The lowest BCUT2D eigenvalue weighted by molar-refractivity contribution is 0.508. The van der Waals surface area contributed by atoms with E-state index in [0.717, 1.165) is 10.5 Å². The highest BCUT2D eigenvalue weighted by atomic mass is 28.3. The lowest BCUT2D eigenvalue weighted by atomic mass is 9.98. The summed E-state index contributed by atoms with van der Waals surface area (Å²) in [7, 11) is -0.689. The Labute approximate surface area is 143 Å². The Morgan fingerprint density at radius 2 is 1.48 bits per heavy atom. The molecule has 0 atom stereocenters. The first-order valence-corrected chi connectivity index (χ1v) is 11.0. The van der Waals surface area contributed by atoms with Gasteiger partial charge >= 0.3 is 0 Å². The molecule has 0 heterocycles. The van der Waals surface area contributed by atoms with Gasteiger partial charge in [-0.2, -0.15) is 0 Å². The average Bonchev–Trinajstić information content (AvgIpc) is 2.60. The second-order valence-corrected chi connectivity index (χ2v) is 11.0. The third-order valence-corrected chi connectivity index (χ3v) is 7.60. The molecule has 23 heavy (non-hydrogen) atoms. The molecule has 0 N–H and O–H groups in total. The molecule has 4 rings (SSSR count). The van der Waals surface area contributed by atoms with Crippen molar-refractivity contribution in [1.29, 1.82) is 0 Å². The van der Waals surface area contributed by atoms with Crippen molar-refractivity contribution < 1.29 is 8.23 Å². The van der Waals surface area contributed by atoms with Gasteiger partial charge in [-0.3, -0.25) is 0 Å². The van der Waals surface area contributed by atoms with E-state index < -0.39 is 19.8 Å². The molecule has 0 amide bonds. The zero-order valence-electron chi connectivity index (χ0n) is 13.1. The number of rotatable bonds is 4. The standard InChI is InChI=1S/C18H18O2Si3/c21-19-23-20-22-17-7-3-6-12-8-9-15-10-13-4-1-2-5-14(13)11-16(15)18(12)17/h1-11H,22-23H2,21H3. The van der Waals surface area contributed by atoms with E-state index in [1.54, 1.807) is 0 Å². The van der Waals surface area contributed by atoms with Crippen molar-refractivity contribution in [2.24, 2.45) is 0 Å². The average molecular weight is 351 g/mol. The van der Waals surface area contributed by atoms with E-state index in [9.17, 15) is 0 Å². The van der Waals surface area contributed by atoms with E-state index in [2.05, 4.69) is 66.7 Å². The molecular weight excluding hydrogens is 332 g/mol. The first-order valence-electron chi connectivity index (χ1n) is 7.76. The van der Waals surface area contributed by atoms with Gasteiger partial charge in [-0.1, -0.05) is 54.6 Å². The summed E-state index contributed by atoms with van der Waals surface area (Å²) in [5, 5.41) is 9.27. The summed E-state index contributed by atoms with van der Waals surface area (Å²) < 4.78 is 11.2. The molecule has 0 aliphatic carbocycles. The monoisotopic (exact) mass is 350 g/mol. The Kier molecular flexibility index (Phi) is 4.11. The van der Waals surface area contributed by atoms with E-state index in [4.69, 9.17) is 8.23 Å². The third kappa shape index (κ3) is 2.77. The fourth-order valence-corrected chi connectivity index (χ4v) is 7.39. The molecule has 0 unspecified atom stereocenters. The van der Waals surface area contributed by atoms with Crippen molar-refractivity contribution in [3.05, 3.63) is 66.7 Å². The van der Waals surface area contributed by atoms with Crippen LogP contribution in [0.25, 0.3) is 32.3 Å². The van der Waals surface area contributed by atoms with Crippen molar-refractivity contribution >= 4 is 67.8 Å². The first-order chi connectivity index (χ1) is 11.4. The molecule has 0 aliphatic rings. The van der Waals surface area contributed by atoms with E-state index in [1.165, 1.54) is 37.5 Å². The zero-order chi connectivity index (χ0) is 15.6. The van der Waals surface area contributed by atoms with Crippen molar-refractivity contribution in [2.45, 2.75) is 0 Å². The Morgan fingerprint density at radius 3 is 2.30 bits per heavy atom. The summed E-state index contributed by atoms with van der Waals surface area (Å²) in [6.45, 7) is 0. The number of fused-ring (bicyclic) bond motifs is 4. The minimum atomic E-state index is -0.750. The van der Waals surface area contributed by atoms with E-state index in [1.807, 2.05) is 0 Å². The van der Waals surface area contributed by atoms with Crippen LogP contribution < -0.4 is 5.19 Å². The minimum absolute atomic E-state index is 0.725. The molecule has 0 saturated carbocycles. The summed E-state index contributed by atoms with van der Waals surface area (Å²) in [5.41, 5.74) is 0. The van der Waals surface area contributed by atoms with Gasteiger partial charge in [0.1, 0.15) is 10.5 Å².